The van der Waals surface area contributed by atoms with Gasteiger partial charge in [-0.15, -0.1) is 0 Å². The van der Waals surface area contributed by atoms with Crippen molar-refractivity contribution in [3.05, 3.63) is 52.9 Å². The molecular weight excluding hydrogens is 346 g/mol. The van der Waals surface area contributed by atoms with Crippen LogP contribution >= 0.6 is 0 Å². The van der Waals surface area contributed by atoms with Gasteiger partial charge in [-0.3, -0.25) is 14.6 Å². The Balaban J connectivity index is 1.68. The fourth-order valence-electron chi connectivity index (χ4n) is 2.92. The molecule has 0 aliphatic rings. The van der Waals surface area contributed by atoms with Crippen LogP contribution in [0.1, 0.15) is 29.5 Å². The molecule has 3 rings (SSSR count). The van der Waals surface area contributed by atoms with Crippen LogP contribution in [-0.2, 0) is 20.7 Å². The first kappa shape index (κ1) is 18.6. The summed E-state index contributed by atoms with van der Waals surface area (Å²) in [5, 5.41) is 7.23. The second-order valence-corrected chi connectivity index (χ2v) is 6.44. The smallest absolute Gasteiger partial charge is 0.311 e. The van der Waals surface area contributed by atoms with Crippen molar-refractivity contribution in [3.8, 4) is 0 Å². The van der Waals surface area contributed by atoms with Gasteiger partial charge >= 0.3 is 5.97 Å². The van der Waals surface area contributed by atoms with Crippen molar-refractivity contribution in [2.75, 3.05) is 5.32 Å². The SMILES string of the molecule is Cc1cc(NC(=O)C(C)OC(=O)Cc2c(C)nc3ccccc3c2C)no1. The van der Waals surface area contributed by atoms with Crippen molar-refractivity contribution in [3.63, 3.8) is 0 Å². The molecule has 2 heterocycles. The molecule has 0 aliphatic carbocycles. The number of aromatic nitrogens is 2. The Morgan fingerprint density at radius 2 is 1.96 bits per heavy atom. The Kier molecular flexibility index (Phi) is 5.21. The number of esters is 1. The predicted octanol–water partition coefficient (Wildman–Crippen LogP) is 3.26. The number of amides is 1. The molecule has 1 aromatic carbocycles. The molecule has 7 nitrogen and oxygen atoms in total. The minimum atomic E-state index is -0.955. The summed E-state index contributed by atoms with van der Waals surface area (Å²) >= 11 is 0. The monoisotopic (exact) mass is 367 g/mol. The molecule has 1 atom stereocenters. The molecule has 140 valence electrons. The summed E-state index contributed by atoms with van der Waals surface area (Å²) in [4.78, 5) is 29.1. The summed E-state index contributed by atoms with van der Waals surface area (Å²) in [7, 11) is 0. The fourth-order valence-corrected chi connectivity index (χ4v) is 2.92. The van der Waals surface area contributed by atoms with Gasteiger partial charge in [0, 0.05) is 17.1 Å². The number of fused-ring (bicyclic) bond motifs is 1. The lowest BCUT2D eigenvalue weighted by molar-refractivity contribution is -0.152. The first-order valence-corrected chi connectivity index (χ1v) is 8.63. The van der Waals surface area contributed by atoms with Gasteiger partial charge < -0.3 is 14.6 Å². The van der Waals surface area contributed by atoms with Gasteiger partial charge in [-0.2, -0.15) is 0 Å². The summed E-state index contributed by atoms with van der Waals surface area (Å²) in [6, 6.07) is 9.36. The van der Waals surface area contributed by atoms with E-state index in [9.17, 15) is 9.59 Å². The number of pyridine rings is 1. The summed E-state index contributed by atoms with van der Waals surface area (Å²) < 4.78 is 10.2. The fraction of sp³-hybridized carbons (Fsp3) is 0.300. The highest BCUT2D eigenvalue weighted by Crippen LogP contribution is 2.23. The Morgan fingerprint density at radius 3 is 2.67 bits per heavy atom. The van der Waals surface area contributed by atoms with Gasteiger partial charge in [0.05, 0.1) is 11.9 Å². The zero-order chi connectivity index (χ0) is 19.6. The summed E-state index contributed by atoms with van der Waals surface area (Å²) in [6.07, 6.45) is -0.903. The number of aryl methyl sites for hydroxylation is 3. The second-order valence-electron chi connectivity index (χ2n) is 6.44. The number of hydrogen-bond acceptors (Lipinski definition) is 6. The topological polar surface area (TPSA) is 94.3 Å². The molecule has 1 unspecified atom stereocenters. The van der Waals surface area contributed by atoms with Crippen LogP contribution in [-0.4, -0.2) is 28.1 Å². The largest absolute Gasteiger partial charge is 0.452 e. The molecule has 1 N–H and O–H groups in total. The van der Waals surface area contributed by atoms with Crippen molar-refractivity contribution < 1.29 is 18.8 Å². The van der Waals surface area contributed by atoms with E-state index in [1.54, 1.807) is 13.0 Å². The molecule has 0 radical (unpaired) electrons. The van der Waals surface area contributed by atoms with Gasteiger partial charge in [0.1, 0.15) is 5.76 Å². The lowest BCUT2D eigenvalue weighted by atomic mass is 10.00. The molecule has 27 heavy (non-hydrogen) atoms. The van der Waals surface area contributed by atoms with Gasteiger partial charge in [0.15, 0.2) is 11.9 Å². The minimum Gasteiger partial charge on any atom is -0.452 e. The molecule has 0 fully saturated rings. The van der Waals surface area contributed by atoms with Gasteiger partial charge in [0.2, 0.25) is 0 Å². The third kappa shape index (κ3) is 4.13. The summed E-state index contributed by atoms with van der Waals surface area (Å²) in [5.41, 5.74) is 3.47. The summed E-state index contributed by atoms with van der Waals surface area (Å²) in [5.74, 6) is -0.102. The van der Waals surface area contributed by atoms with E-state index in [2.05, 4.69) is 15.5 Å². The van der Waals surface area contributed by atoms with Crippen molar-refractivity contribution >= 4 is 28.6 Å². The number of rotatable bonds is 5. The van der Waals surface area contributed by atoms with E-state index in [0.29, 0.717) is 5.76 Å². The first-order chi connectivity index (χ1) is 12.8. The number of nitrogens with one attached hydrogen (secondary N) is 1. The van der Waals surface area contributed by atoms with Crippen molar-refractivity contribution in [1.82, 2.24) is 10.1 Å². The molecule has 0 spiro atoms. The third-order valence-corrected chi connectivity index (χ3v) is 4.36. The second kappa shape index (κ2) is 7.57. The molecule has 0 aliphatic heterocycles. The average molecular weight is 367 g/mol. The number of benzene rings is 1. The van der Waals surface area contributed by atoms with Crippen LogP contribution in [0, 0.1) is 20.8 Å². The number of carbonyl (C=O) groups excluding carboxylic acids is 2. The van der Waals surface area contributed by atoms with E-state index in [0.717, 1.165) is 27.7 Å². The minimum absolute atomic E-state index is 0.0518. The van der Waals surface area contributed by atoms with Crippen LogP contribution in [0.5, 0.6) is 0 Å². The van der Waals surface area contributed by atoms with Crippen LogP contribution in [0.4, 0.5) is 5.82 Å². The third-order valence-electron chi connectivity index (χ3n) is 4.36. The lowest BCUT2D eigenvalue weighted by Crippen LogP contribution is -2.30. The van der Waals surface area contributed by atoms with Crippen molar-refractivity contribution in [2.24, 2.45) is 0 Å². The van der Waals surface area contributed by atoms with Crippen LogP contribution in [0.25, 0.3) is 10.9 Å². The number of para-hydroxylation sites is 1. The van der Waals surface area contributed by atoms with Crippen LogP contribution in [0.3, 0.4) is 0 Å². The first-order valence-electron chi connectivity index (χ1n) is 8.63. The highest BCUT2D eigenvalue weighted by Gasteiger charge is 2.21. The Hall–Kier alpha value is -3.22. The van der Waals surface area contributed by atoms with E-state index in [1.165, 1.54) is 6.92 Å². The molecule has 1 amide bonds. The highest BCUT2D eigenvalue weighted by molar-refractivity contribution is 5.94. The number of ether oxygens (including phenoxy) is 1. The standard InChI is InChI=1S/C20H21N3O4/c1-11-9-18(23-27-11)22-20(25)14(4)26-19(24)10-16-12(2)15-7-5-6-8-17(15)21-13(16)3/h5-9,14H,10H2,1-4H3,(H,22,23,25). The molecule has 0 saturated carbocycles. The maximum Gasteiger partial charge on any atom is 0.311 e. The normalized spacial score (nSPS) is 12.0. The van der Waals surface area contributed by atoms with Crippen LogP contribution in [0.2, 0.25) is 0 Å². The molecule has 0 saturated heterocycles. The molecule has 3 aromatic rings. The molecule has 0 bridgehead atoms. The molecule has 7 heteroatoms. The number of hydrogen-bond donors (Lipinski definition) is 1. The van der Waals surface area contributed by atoms with Crippen LogP contribution in [0.15, 0.2) is 34.9 Å². The number of nitrogens with zero attached hydrogens (tertiary/aromatic N) is 2. The number of anilines is 1. The number of carbonyl (C=O) groups is 2. The zero-order valence-corrected chi connectivity index (χ0v) is 15.7. The van der Waals surface area contributed by atoms with E-state index in [4.69, 9.17) is 9.26 Å². The quantitative estimate of drug-likeness (QED) is 0.696. The van der Waals surface area contributed by atoms with Gasteiger partial charge in [0.25, 0.3) is 5.91 Å². The Labute approximate surface area is 156 Å². The lowest BCUT2D eigenvalue weighted by Gasteiger charge is -2.15. The average Bonchev–Trinajstić information content (AvgIpc) is 3.03. The molecule has 2 aromatic heterocycles. The van der Waals surface area contributed by atoms with E-state index in [-0.39, 0.29) is 12.2 Å². The highest BCUT2D eigenvalue weighted by atomic mass is 16.5. The van der Waals surface area contributed by atoms with E-state index < -0.39 is 18.0 Å². The Bertz CT molecular complexity index is 1010. The summed E-state index contributed by atoms with van der Waals surface area (Å²) in [6.45, 7) is 7.06. The molecular formula is C20H21N3O4. The van der Waals surface area contributed by atoms with Gasteiger partial charge in [-0.25, -0.2) is 0 Å². The van der Waals surface area contributed by atoms with Crippen molar-refractivity contribution in [1.29, 1.82) is 0 Å². The van der Waals surface area contributed by atoms with Gasteiger partial charge in [-0.05, 0) is 44.9 Å². The maximum absolute atomic E-state index is 12.4. The van der Waals surface area contributed by atoms with E-state index in [1.807, 2.05) is 38.1 Å². The zero-order valence-electron chi connectivity index (χ0n) is 15.7. The van der Waals surface area contributed by atoms with Crippen molar-refractivity contribution in [2.45, 2.75) is 40.2 Å². The predicted molar refractivity (Wildman–Crippen MR) is 100 cm³/mol. The van der Waals surface area contributed by atoms with Gasteiger partial charge in [-0.1, -0.05) is 23.4 Å². The Morgan fingerprint density at radius 1 is 1.22 bits per heavy atom. The van der Waals surface area contributed by atoms with E-state index >= 15 is 0 Å². The maximum atomic E-state index is 12.4. The van der Waals surface area contributed by atoms with Crippen LogP contribution < -0.4 is 5.32 Å².